The Kier molecular flexibility index (Phi) is 7.66. The minimum Gasteiger partial charge on any atom is -0.455 e. The summed E-state index contributed by atoms with van der Waals surface area (Å²) >= 11 is 3.50. The van der Waals surface area contributed by atoms with E-state index in [1.165, 1.54) is 5.56 Å². The second kappa shape index (κ2) is 9.73. The van der Waals surface area contributed by atoms with E-state index in [-0.39, 0.29) is 22.9 Å². The topological polar surface area (TPSA) is 29.5 Å². The molecule has 0 heterocycles. The fraction of sp³-hybridized carbons (Fsp3) is 0.381. The lowest BCUT2D eigenvalue weighted by molar-refractivity contribution is -0.151. The van der Waals surface area contributed by atoms with Crippen molar-refractivity contribution in [1.29, 1.82) is 0 Å². The van der Waals surface area contributed by atoms with E-state index in [2.05, 4.69) is 39.9 Å². The van der Waals surface area contributed by atoms with Gasteiger partial charge in [-0.1, -0.05) is 76.6 Å². The molecule has 4 heteroatoms. The van der Waals surface area contributed by atoms with E-state index >= 15 is 0 Å². The molecule has 2 aromatic carbocycles. The number of carbonyl (C=O) groups excluding carboxylic acids is 1. The molecule has 0 radical (unpaired) electrons. The molecule has 0 spiro atoms. The van der Waals surface area contributed by atoms with Crippen molar-refractivity contribution in [1.82, 2.24) is 4.90 Å². The molecule has 2 rings (SSSR count). The number of nitrogens with zero attached hydrogens (tertiary/aromatic N) is 1. The van der Waals surface area contributed by atoms with E-state index in [1.54, 1.807) is 0 Å². The molecule has 0 saturated heterocycles. The van der Waals surface area contributed by atoms with E-state index in [0.29, 0.717) is 6.42 Å². The van der Waals surface area contributed by atoms with Gasteiger partial charge in [-0.2, -0.15) is 0 Å². The number of alkyl halides is 1. The highest BCUT2D eigenvalue weighted by Gasteiger charge is 2.27. The Morgan fingerprint density at radius 2 is 1.60 bits per heavy atom. The third kappa shape index (κ3) is 5.98. The monoisotopic (exact) mass is 403 g/mol. The van der Waals surface area contributed by atoms with Crippen LogP contribution in [0, 0.1) is 0 Å². The van der Waals surface area contributed by atoms with Crippen molar-refractivity contribution >= 4 is 21.9 Å². The summed E-state index contributed by atoms with van der Waals surface area (Å²) < 4.78 is 5.88. The molecule has 2 aromatic rings. The van der Waals surface area contributed by atoms with Crippen molar-refractivity contribution in [2.24, 2.45) is 0 Å². The Hall–Kier alpha value is -1.65. The zero-order valence-electron chi connectivity index (χ0n) is 15.1. The number of benzene rings is 2. The second-order valence-electron chi connectivity index (χ2n) is 6.46. The van der Waals surface area contributed by atoms with Gasteiger partial charge in [0, 0.05) is 6.04 Å². The van der Waals surface area contributed by atoms with Crippen molar-refractivity contribution < 1.29 is 9.53 Å². The predicted molar refractivity (Wildman–Crippen MR) is 106 cm³/mol. The van der Waals surface area contributed by atoms with Crippen molar-refractivity contribution in [3.63, 3.8) is 0 Å². The van der Waals surface area contributed by atoms with Gasteiger partial charge >= 0.3 is 5.97 Å². The predicted octanol–water partition coefficient (Wildman–Crippen LogP) is 4.62. The smallest absolute Gasteiger partial charge is 0.320 e. The molecule has 3 atom stereocenters. The number of hydrogen-bond donors (Lipinski definition) is 0. The third-order valence-electron chi connectivity index (χ3n) is 4.41. The number of likely N-dealkylation sites (N-methyl/N-ethyl adjacent to an activating group) is 1. The molecule has 134 valence electrons. The Bertz CT molecular complexity index is 645. The Balaban J connectivity index is 2.00. The van der Waals surface area contributed by atoms with Gasteiger partial charge in [0.1, 0.15) is 10.9 Å². The molecule has 0 aliphatic carbocycles. The van der Waals surface area contributed by atoms with Gasteiger partial charge in [-0.05, 0) is 45.0 Å². The van der Waals surface area contributed by atoms with Crippen LogP contribution in [0.5, 0.6) is 0 Å². The quantitative estimate of drug-likeness (QED) is 0.475. The van der Waals surface area contributed by atoms with Crippen LogP contribution >= 0.6 is 15.9 Å². The highest BCUT2D eigenvalue weighted by Crippen LogP contribution is 2.26. The van der Waals surface area contributed by atoms with Gasteiger partial charge in [0.2, 0.25) is 0 Å². The maximum atomic E-state index is 12.6. The maximum Gasteiger partial charge on any atom is 0.320 e. The van der Waals surface area contributed by atoms with Crippen molar-refractivity contribution in [2.75, 3.05) is 14.1 Å². The van der Waals surface area contributed by atoms with Gasteiger partial charge in [0.15, 0.2) is 0 Å². The minimum absolute atomic E-state index is 0.0835. The van der Waals surface area contributed by atoms with Crippen LogP contribution in [0.15, 0.2) is 60.7 Å². The maximum absolute atomic E-state index is 12.6. The molecule has 25 heavy (non-hydrogen) atoms. The average Bonchev–Trinajstić information content (AvgIpc) is 2.64. The van der Waals surface area contributed by atoms with Crippen LogP contribution in [0.4, 0.5) is 0 Å². The van der Waals surface area contributed by atoms with E-state index in [9.17, 15) is 4.79 Å². The highest BCUT2D eigenvalue weighted by molar-refractivity contribution is 9.10. The molecule has 0 bridgehead atoms. The molecular weight excluding hydrogens is 378 g/mol. The van der Waals surface area contributed by atoms with Gasteiger partial charge < -0.3 is 9.64 Å². The molecule has 0 aliphatic rings. The summed E-state index contributed by atoms with van der Waals surface area (Å²) in [4.78, 5) is 14.3. The number of esters is 1. The standard InChI is InChI=1S/C21H26BrNO2/c1-16(23(2)3)20(18-12-8-5-9-13-18)25-21(24)19(22)15-14-17-10-6-4-7-11-17/h4-13,16,19-20H,14-15H2,1-3H3/t16-,19+,20?/m0/s1. The van der Waals surface area contributed by atoms with Crippen LogP contribution in [0.3, 0.4) is 0 Å². The molecule has 1 unspecified atom stereocenters. The fourth-order valence-electron chi connectivity index (χ4n) is 2.61. The zero-order valence-corrected chi connectivity index (χ0v) is 16.6. The first-order chi connectivity index (χ1) is 12.0. The summed E-state index contributed by atoms with van der Waals surface area (Å²) in [6, 6.07) is 20.2. The van der Waals surface area contributed by atoms with E-state index in [4.69, 9.17) is 4.74 Å². The van der Waals surface area contributed by atoms with Gasteiger partial charge in [0.25, 0.3) is 0 Å². The number of hydrogen-bond acceptors (Lipinski definition) is 3. The van der Waals surface area contributed by atoms with Crippen molar-refractivity contribution in [3.05, 3.63) is 71.8 Å². The number of aryl methyl sites for hydroxylation is 1. The number of rotatable bonds is 8. The summed E-state index contributed by atoms with van der Waals surface area (Å²) in [5.74, 6) is -0.210. The van der Waals surface area contributed by atoms with E-state index in [0.717, 1.165) is 12.0 Å². The lowest BCUT2D eigenvalue weighted by Gasteiger charge is -2.30. The Morgan fingerprint density at radius 1 is 1.04 bits per heavy atom. The number of ether oxygens (including phenoxy) is 1. The van der Waals surface area contributed by atoms with Crippen molar-refractivity contribution in [2.45, 2.75) is 36.7 Å². The Labute approximate surface area is 159 Å². The van der Waals surface area contributed by atoms with Crippen LogP contribution in [-0.2, 0) is 16.0 Å². The molecule has 0 saturated carbocycles. The third-order valence-corrected chi connectivity index (χ3v) is 5.24. The lowest BCUT2D eigenvalue weighted by Crippen LogP contribution is -2.35. The first-order valence-electron chi connectivity index (χ1n) is 8.59. The van der Waals surface area contributed by atoms with Crippen LogP contribution in [0.25, 0.3) is 0 Å². The SMILES string of the molecule is C[C@@H](C(OC(=O)[C@H](Br)CCc1ccccc1)c1ccccc1)N(C)C. The van der Waals surface area contributed by atoms with E-state index < -0.39 is 0 Å². The fourth-order valence-corrected chi connectivity index (χ4v) is 2.95. The van der Waals surface area contributed by atoms with Crippen LogP contribution in [0.2, 0.25) is 0 Å². The zero-order chi connectivity index (χ0) is 18.2. The summed E-state index contributed by atoms with van der Waals surface area (Å²) in [5.41, 5.74) is 2.24. The number of halogens is 1. The lowest BCUT2D eigenvalue weighted by atomic mass is 10.0. The first kappa shape index (κ1) is 19.7. The summed E-state index contributed by atoms with van der Waals surface area (Å²) in [6.07, 6.45) is 1.26. The molecule has 0 N–H and O–H groups in total. The van der Waals surface area contributed by atoms with Crippen LogP contribution in [-0.4, -0.2) is 35.8 Å². The van der Waals surface area contributed by atoms with Gasteiger partial charge in [-0.25, -0.2) is 0 Å². The molecule has 0 aliphatic heterocycles. The van der Waals surface area contributed by atoms with Crippen molar-refractivity contribution in [3.8, 4) is 0 Å². The number of carbonyl (C=O) groups is 1. The molecule has 3 nitrogen and oxygen atoms in total. The van der Waals surface area contributed by atoms with Gasteiger partial charge in [0.05, 0.1) is 0 Å². The van der Waals surface area contributed by atoms with Gasteiger partial charge in [-0.3, -0.25) is 4.79 Å². The van der Waals surface area contributed by atoms with Gasteiger partial charge in [-0.15, -0.1) is 0 Å². The second-order valence-corrected chi connectivity index (χ2v) is 7.57. The summed E-state index contributed by atoms with van der Waals surface area (Å²) in [5, 5.41) is 0. The van der Waals surface area contributed by atoms with Crippen LogP contribution < -0.4 is 0 Å². The molecule has 0 fully saturated rings. The largest absolute Gasteiger partial charge is 0.455 e. The average molecular weight is 404 g/mol. The minimum atomic E-state index is -0.312. The normalized spacial score (nSPS) is 14.8. The molecule has 0 amide bonds. The summed E-state index contributed by atoms with van der Waals surface area (Å²) in [7, 11) is 3.99. The van der Waals surface area contributed by atoms with E-state index in [1.807, 2.05) is 62.6 Å². The Morgan fingerprint density at radius 3 is 2.16 bits per heavy atom. The van der Waals surface area contributed by atoms with Crippen LogP contribution in [0.1, 0.15) is 30.6 Å². The molecular formula is C21H26BrNO2. The highest BCUT2D eigenvalue weighted by atomic mass is 79.9. The first-order valence-corrected chi connectivity index (χ1v) is 9.50. The summed E-state index contributed by atoms with van der Waals surface area (Å²) in [6.45, 7) is 2.07. The molecule has 0 aromatic heterocycles.